The van der Waals surface area contributed by atoms with E-state index >= 15 is 0 Å². The summed E-state index contributed by atoms with van der Waals surface area (Å²) in [6, 6.07) is 0. The van der Waals surface area contributed by atoms with Gasteiger partial charge >= 0.3 is 21.1 Å². The van der Waals surface area contributed by atoms with Gasteiger partial charge in [0.2, 0.25) is 0 Å². The van der Waals surface area contributed by atoms with Gasteiger partial charge in [-0.1, -0.05) is 57.8 Å². The summed E-state index contributed by atoms with van der Waals surface area (Å²) in [5, 5.41) is 0. The van der Waals surface area contributed by atoms with Gasteiger partial charge in [0.25, 0.3) is 0 Å². The van der Waals surface area contributed by atoms with E-state index in [1.54, 1.807) is 0 Å². The number of rotatable bonds is 0. The van der Waals surface area contributed by atoms with Gasteiger partial charge in [-0.05, 0) is 0 Å². The van der Waals surface area contributed by atoms with Crippen LogP contribution in [-0.4, -0.2) is 0 Å². The Hall–Kier alpha value is 0.168. The average Bonchev–Trinajstić information content (AvgIpc) is 3.27. The van der Waals surface area contributed by atoms with Crippen LogP contribution in [0.25, 0.3) is 0 Å². The summed E-state index contributed by atoms with van der Waals surface area (Å²) in [4.78, 5) is 0. The molecule has 3 fully saturated rings. The van der Waals surface area contributed by atoms with Crippen molar-refractivity contribution < 1.29 is 21.1 Å². The summed E-state index contributed by atoms with van der Waals surface area (Å²) in [7, 11) is 0. The van der Waals surface area contributed by atoms with Crippen LogP contribution in [0.1, 0.15) is 103 Å². The minimum atomic E-state index is 0. The van der Waals surface area contributed by atoms with E-state index in [1.165, 1.54) is 96.3 Å². The van der Waals surface area contributed by atoms with Crippen molar-refractivity contribution in [3.05, 3.63) is 43.6 Å². The summed E-state index contributed by atoms with van der Waals surface area (Å²) in [6.45, 7) is 0. The first kappa shape index (κ1) is 24.2. The van der Waals surface area contributed by atoms with Gasteiger partial charge in [-0.25, -0.2) is 12.2 Å². The summed E-state index contributed by atoms with van der Waals surface area (Å²) in [5.41, 5.74) is 0. The molecule has 0 radical (unpaired) electrons. The van der Waals surface area contributed by atoms with Crippen LogP contribution in [0.2, 0.25) is 0 Å². The maximum atomic E-state index is 2.99. The van der Waals surface area contributed by atoms with Gasteiger partial charge in [0.1, 0.15) is 0 Å². The second kappa shape index (κ2) is 21.2. The Morgan fingerprint density at radius 3 is 1.00 bits per heavy atom. The van der Waals surface area contributed by atoms with E-state index in [1.807, 2.05) is 12.2 Å². The van der Waals surface area contributed by atoms with Gasteiger partial charge in [0, 0.05) is 0 Å². The van der Waals surface area contributed by atoms with Crippen LogP contribution in [0.5, 0.6) is 0 Å². The number of allylic oxidation sites excluding steroid dienone is 4. The Bertz CT molecular complexity index is 195. The molecule has 140 valence electrons. The van der Waals surface area contributed by atoms with Crippen molar-refractivity contribution in [1.29, 1.82) is 0 Å². The largest absolute Gasteiger partial charge is 4.00 e. The molecule has 0 saturated heterocycles. The van der Waals surface area contributed by atoms with Crippen LogP contribution in [0.4, 0.5) is 0 Å². The third-order valence-corrected chi connectivity index (χ3v) is 4.54. The summed E-state index contributed by atoms with van der Waals surface area (Å²) >= 11 is 0. The van der Waals surface area contributed by atoms with Gasteiger partial charge in [0.05, 0.1) is 0 Å². The fourth-order valence-electron chi connectivity index (χ4n) is 3.04. The van der Waals surface area contributed by atoms with E-state index in [9.17, 15) is 0 Å². The van der Waals surface area contributed by atoms with Crippen molar-refractivity contribution in [3.63, 3.8) is 0 Å². The molecule has 0 bridgehead atoms. The predicted molar refractivity (Wildman–Crippen MR) is 104 cm³/mol. The first-order valence-electron chi connectivity index (χ1n) is 10.2. The normalized spacial score (nSPS) is 21.7. The van der Waals surface area contributed by atoms with E-state index < -0.39 is 0 Å². The maximum absolute atomic E-state index is 2.99. The van der Waals surface area contributed by atoms with E-state index in [4.69, 9.17) is 0 Å². The fourth-order valence-corrected chi connectivity index (χ4v) is 3.04. The molecule has 0 N–H and O–H groups in total. The second-order valence-electron chi connectivity index (χ2n) is 6.78. The van der Waals surface area contributed by atoms with E-state index in [0.29, 0.717) is 0 Å². The molecule has 0 aromatic carbocycles. The third kappa shape index (κ3) is 18.5. The molecule has 0 atom stereocenters. The Balaban J connectivity index is 0.000000291. The summed E-state index contributed by atoms with van der Waals surface area (Å²) in [6.07, 6.45) is 38.5. The molecule has 0 amide bonds. The average molecular weight is 510 g/mol. The smallest absolute Gasteiger partial charge is 0.328 e. The Morgan fingerprint density at radius 2 is 0.917 bits per heavy atom. The molecular formula is C23H38Pt. The zero-order chi connectivity index (χ0) is 16.3. The van der Waals surface area contributed by atoms with Crippen LogP contribution in [0, 0.1) is 25.3 Å². The SMILES string of the molecule is [C-]1=CC=CC1.[CH-]1CCCCC1.[CH-]1CCCCC1.[CH-]1CCCCC1.[Pt+4]. The van der Waals surface area contributed by atoms with Crippen molar-refractivity contribution in [2.45, 2.75) is 103 Å². The molecule has 4 rings (SSSR count). The maximum Gasteiger partial charge on any atom is 4.00 e. The molecule has 0 heterocycles. The van der Waals surface area contributed by atoms with Gasteiger partial charge < -0.3 is 19.3 Å². The van der Waals surface area contributed by atoms with Crippen molar-refractivity contribution >= 4 is 0 Å². The number of hydrogen-bond acceptors (Lipinski definition) is 0. The van der Waals surface area contributed by atoms with Crippen molar-refractivity contribution in [3.8, 4) is 0 Å². The monoisotopic (exact) mass is 509 g/mol. The zero-order valence-electron chi connectivity index (χ0n) is 15.6. The topological polar surface area (TPSA) is 0 Å². The standard InChI is InChI=1S/3C6H11.C5H5.Pt/c3*1-2-4-6-5-3-1;1-2-4-5-3-1;/h3*1H,2-6H2;1-3H,4H2;/q4*-1;+4. The quantitative estimate of drug-likeness (QED) is 0.293. The molecule has 0 aromatic rings. The molecule has 0 unspecified atom stereocenters. The Morgan fingerprint density at radius 1 is 0.542 bits per heavy atom. The van der Waals surface area contributed by atoms with Gasteiger partial charge in [-0.2, -0.15) is 44.6 Å². The predicted octanol–water partition coefficient (Wildman–Crippen LogP) is 7.77. The molecule has 0 nitrogen and oxygen atoms in total. The third-order valence-electron chi connectivity index (χ3n) is 4.54. The molecule has 24 heavy (non-hydrogen) atoms. The van der Waals surface area contributed by atoms with E-state index in [-0.39, 0.29) is 21.1 Å². The molecule has 4 aliphatic carbocycles. The second-order valence-corrected chi connectivity index (χ2v) is 6.78. The Labute approximate surface area is 167 Å². The first-order chi connectivity index (χ1) is 11.5. The van der Waals surface area contributed by atoms with Gasteiger partial charge in [-0.15, -0.1) is 6.42 Å². The molecule has 0 spiro atoms. The van der Waals surface area contributed by atoms with Crippen LogP contribution in [-0.2, 0) is 21.1 Å². The van der Waals surface area contributed by atoms with Crippen molar-refractivity contribution in [2.24, 2.45) is 0 Å². The molecule has 3 saturated carbocycles. The minimum Gasteiger partial charge on any atom is -0.328 e. The van der Waals surface area contributed by atoms with Gasteiger partial charge in [0.15, 0.2) is 0 Å². The zero-order valence-corrected chi connectivity index (χ0v) is 17.9. The van der Waals surface area contributed by atoms with Crippen LogP contribution >= 0.6 is 0 Å². The first-order valence-corrected chi connectivity index (χ1v) is 10.2. The molecular weight excluding hydrogens is 471 g/mol. The summed E-state index contributed by atoms with van der Waals surface area (Å²) in [5.74, 6) is 0. The molecule has 1 heteroatoms. The van der Waals surface area contributed by atoms with Crippen molar-refractivity contribution in [2.75, 3.05) is 0 Å². The van der Waals surface area contributed by atoms with Crippen molar-refractivity contribution in [1.82, 2.24) is 0 Å². The van der Waals surface area contributed by atoms with Gasteiger partial charge in [-0.3, -0.25) is 6.08 Å². The molecule has 0 aromatic heterocycles. The summed E-state index contributed by atoms with van der Waals surface area (Å²) < 4.78 is 0. The van der Waals surface area contributed by atoms with E-state index in [0.717, 1.165) is 6.42 Å². The van der Waals surface area contributed by atoms with Crippen LogP contribution in [0.3, 0.4) is 0 Å². The van der Waals surface area contributed by atoms with Crippen LogP contribution in [0.15, 0.2) is 18.2 Å². The fraction of sp³-hybridized carbons (Fsp3) is 0.696. The minimum absolute atomic E-state index is 0. The molecule has 0 aliphatic heterocycles. The van der Waals surface area contributed by atoms with Crippen LogP contribution < -0.4 is 0 Å². The molecule has 4 aliphatic rings. The number of hydrogen-bond donors (Lipinski definition) is 0. The Kier molecular flexibility index (Phi) is 21.4. The van der Waals surface area contributed by atoms with E-state index in [2.05, 4.69) is 31.4 Å².